The first-order valence-electron chi connectivity index (χ1n) is 11.6. The molecule has 0 rings (SSSR count). The van der Waals surface area contributed by atoms with Gasteiger partial charge in [0.15, 0.2) is 0 Å². The molecule has 2 atom stereocenters. The number of aliphatic hydroxyl groups excluding tert-OH is 2. The number of alkyl halides is 1. The summed E-state index contributed by atoms with van der Waals surface area (Å²) in [6.07, 6.45) is 1.23. The molecule has 0 aromatic carbocycles. The number of aliphatic carboxylic acids is 3. The third-order valence-corrected chi connectivity index (χ3v) is 7.08. The molecule has 0 aromatic rings. The molecule has 10 N–H and O–H groups in total. The number of imide groups is 1. The van der Waals surface area contributed by atoms with Crippen LogP contribution in [0.15, 0.2) is 0 Å². The van der Waals surface area contributed by atoms with E-state index in [-0.39, 0.29) is 100 Å². The van der Waals surface area contributed by atoms with Gasteiger partial charge in [0.05, 0.1) is 13.2 Å². The van der Waals surface area contributed by atoms with Gasteiger partial charge in [-0.05, 0) is 25.9 Å². The van der Waals surface area contributed by atoms with Crippen LogP contribution >= 0.6 is 15.9 Å². The number of likely N-dealkylation sites (N-methyl/N-ethyl adjacent to an activating group) is 2. The summed E-state index contributed by atoms with van der Waals surface area (Å²) in [5.74, 6) is -6.52. The van der Waals surface area contributed by atoms with Crippen molar-refractivity contribution in [3.63, 3.8) is 0 Å². The summed E-state index contributed by atoms with van der Waals surface area (Å²) in [4.78, 5) is 56.8. The molecule has 0 aromatic heterocycles. The predicted octanol–water partition coefficient (Wildman–Crippen LogP) is -7.41. The zero-order chi connectivity index (χ0) is 29.4. The van der Waals surface area contributed by atoms with Crippen LogP contribution in [0.4, 0.5) is 4.79 Å². The number of primary amides is 1. The number of rotatable bonds is 17. The summed E-state index contributed by atoms with van der Waals surface area (Å²) in [5.41, 5.74) is 1.60. The minimum Gasteiger partial charge on any atom is -1.00 e. The Morgan fingerprint density at radius 1 is 0.897 bits per heavy atom. The van der Waals surface area contributed by atoms with Crippen LogP contribution in [0.25, 0.3) is 0 Å². The van der Waals surface area contributed by atoms with Crippen LogP contribution in [0.2, 0.25) is 0 Å². The van der Waals surface area contributed by atoms with Crippen molar-refractivity contribution in [2.24, 2.45) is 5.73 Å². The van der Waals surface area contributed by atoms with Gasteiger partial charge in [-0.25, -0.2) is 19.2 Å². The minimum absolute atomic E-state index is 0. The zero-order valence-corrected chi connectivity index (χ0v) is 29.1. The Morgan fingerprint density at radius 2 is 1.36 bits per heavy atom. The first-order valence-corrected chi connectivity index (χ1v) is 12.4. The van der Waals surface area contributed by atoms with E-state index in [1.165, 1.54) is 6.92 Å². The number of carboxylic acid groups (broad SMARTS) is 3. The Kier molecular flexibility index (Phi) is 27.2. The van der Waals surface area contributed by atoms with Crippen molar-refractivity contribution in [3.8, 4) is 0 Å². The largest absolute Gasteiger partial charge is 1.00 e. The molecule has 0 aliphatic rings. The van der Waals surface area contributed by atoms with Crippen molar-refractivity contribution in [2.75, 3.05) is 39.4 Å². The van der Waals surface area contributed by atoms with Crippen LogP contribution < -0.4 is 80.8 Å². The average Bonchev–Trinajstić information content (AvgIpc) is 2.83. The number of carboxylic acids is 3. The fraction of sp³-hybridized carbons (Fsp3) is 0.762. The molecule has 0 aliphatic carbocycles. The number of nitrogens with one attached hydrogen (secondary N) is 3. The van der Waals surface area contributed by atoms with Gasteiger partial charge in [-0.2, -0.15) is 0 Å². The third-order valence-electron chi connectivity index (χ3n) is 5.60. The SMILES string of the molecule is CCC(Br)(CC)C(=O)NC(N)=O.CCNC(CO)CNCC(CO)N(CC)C(C(=O)O)(C(=O)O)C(=O)O.[H-].[H-].[Na+].[Na+]. The monoisotopic (exact) mass is 649 g/mol. The van der Waals surface area contributed by atoms with Crippen LogP contribution in [0.5, 0.6) is 0 Å². The van der Waals surface area contributed by atoms with Crippen molar-refractivity contribution in [2.45, 2.75) is 62.5 Å². The maximum Gasteiger partial charge on any atom is 1.00 e. The van der Waals surface area contributed by atoms with Crippen LogP contribution in [0, 0.1) is 0 Å². The van der Waals surface area contributed by atoms with Crippen molar-refractivity contribution >= 4 is 45.8 Å². The molecule has 0 spiro atoms. The van der Waals surface area contributed by atoms with Crippen molar-refractivity contribution < 1.29 is 111 Å². The van der Waals surface area contributed by atoms with Gasteiger partial charge in [0.2, 0.25) is 5.91 Å². The second-order valence-corrected chi connectivity index (χ2v) is 9.35. The van der Waals surface area contributed by atoms with Gasteiger partial charge in [-0.15, -0.1) is 0 Å². The summed E-state index contributed by atoms with van der Waals surface area (Å²) >= 11 is 3.26. The first kappa shape index (κ1) is 45.6. The molecule has 18 heteroatoms. The Morgan fingerprint density at radius 3 is 1.64 bits per heavy atom. The van der Waals surface area contributed by atoms with Crippen molar-refractivity contribution in [1.29, 1.82) is 0 Å². The number of urea groups is 1. The molecule has 0 heterocycles. The molecule has 2 unspecified atom stereocenters. The summed E-state index contributed by atoms with van der Waals surface area (Å²) in [6, 6.07) is -2.18. The summed E-state index contributed by atoms with van der Waals surface area (Å²) < 4.78 is -0.665. The number of nitrogens with zero attached hydrogens (tertiary/aromatic N) is 1. The molecule has 0 radical (unpaired) electrons. The summed E-state index contributed by atoms with van der Waals surface area (Å²) in [7, 11) is 0. The molecule has 220 valence electrons. The number of nitrogens with two attached hydrogens (primary N) is 1. The molecule has 39 heavy (non-hydrogen) atoms. The number of carbonyl (C=O) groups excluding carboxylic acids is 2. The van der Waals surface area contributed by atoms with E-state index in [0.29, 0.717) is 24.3 Å². The van der Waals surface area contributed by atoms with E-state index in [0.717, 1.165) is 0 Å². The maximum absolute atomic E-state index is 11.5. The Bertz CT molecular complexity index is 753. The molecule has 0 saturated carbocycles. The second kappa shape index (κ2) is 23.2. The maximum atomic E-state index is 11.5. The average molecular weight is 650 g/mol. The van der Waals surface area contributed by atoms with E-state index in [2.05, 4.69) is 26.6 Å². The van der Waals surface area contributed by atoms with Gasteiger partial charge in [0.1, 0.15) is 4.32 Å². The molecular weight excluding hydrogens is 608 g/mol. The van der Waals surface area contributed by atoms with E-state index in [1.54, 1.807) is 0 Å². The molecule has 0 fully saturated rings. The van der Waals surface area contributed by atoms with Crippen molar-refractivity contribution in [1.82, 2.24) is 20.9 Å². The molecule has 0 bridgehead atoms. The number of halogens is 1. The first-order chi connectivity index (χ1) is 17.2. The topological polar surface area (TPSA) is 252 Å². The molecule has 0 saturated heterocycles. The van der Waals surface area contributed by atoms with Crippen molar-refractivity contribution in [3.05, 3.63) is 0 Å². The standard InChI is InChI=1S/C14H27N3O8.C7H13BrN2O2.2Na.2H/c1-3-16-9(7-18)5-15-6-10(8-19)17(4-2)14(11(20)21,12(22)23)13(24)25;1-3-7(8,4-2)5(11)10-6(9)12;;;;/h9-10,15-16,18-19H,3-8H2,1-2H3,(H,20,21)(H,22,23)(H,24,25);3-4H2,1-2H3,(H3,9,10,11,12);;;;/q;;2*+1;2*-1. The Balaban J connectivity index is -0.000000164. The molecule has 3 amide bonds. The summed E-state index contributed by atoms with van der Waals surface area (Å²) in [5, 5.41) is 54.5. The number of hydrogen-bond donors (Lipinski definition) is 9. The fourth-order valence-electron chi connectivity index (χ4n) is 3.39. The van der Waals surface area contributed by atoms with E-state index < -0.39 is 46.5 Å². The Labute approximate surface area is 283 Å². The van der Waals surface area contributed by atoms with Gasteiger partial charge in [-0.3, -0.25) is 15.0 Å². The number of aliphatic hydroxyl groups is 2. The van der Waals surface area contributed by atoms with Gasteiger partial charge in [0.25, 0.3) is 0 Å². The van der Waals surface area contributed by atoms with E-state index in [4.69, 9.17) is 5.73 Å². The van der Waals surface area contributed by atoms with Gasteiger partial charge in [-0.1, -0.05) is 43.6 Å². The summed E-state index contributed by atoms with van der Waals surface area (Å²) in [6.45, 7) is 6.73. The van der Waals surface area contributed by atoms with E-state index >= 15 is 0 Å². The smallest absolute Gasteiger partial charge is 1.00 e. The zero-order valence-electron chi connectivity index (χ0n) is 25.5. The van der Waals surface area contributed by atoms with Gasteiger partial charge >= 0.3 is 88.6 Å². The number of hydrogen-bond acceptors (Lipinski definition) is 10. The quantitative estimate of drug-likeness (QED) is 0.0404. The Hall–Kier alpha value is -0.370. The van der Waals surface area contributed by atoms with E-state index in [1.807, 2.05) is 26.1 Å². The number of amides is 3. The fourth-order valence-corrected chi connectivity index (χ4v) is 3.49. The second-order valence-electron chi connectivity index (χ2n) is 7.83. The molecule has 15 nitrogen and oxygen atoms in total. The van der Waals surface area contributed by atoms with Crippen LogP contribution in [-0.4, -0.2) is 122 Å². The van der Waals surface area contributed by atoms with Gasteiger partial charge < -0.3 is 44.8 Å². The van der Waals surface area contributed by atoms with E-state index in [9.17, 15) is 49.5 Å². The van der Waals surface area contributed by atoms with Gasteiger partial charge in [0, 0.05) is 25.2 Å². The predicted molar refractivity (Wildman–Crippen MR) is 139 cm³/mol. The van der Waals surface area contributed by atoms with Crippen LogP contribution in [-0.2, 0) is 19.2 Å². The third kappa shape index (κ3) is 13.9. The van der Waals surface area contributed by atoms with Crippen LogP contribution in [0.1, 0.15) is 43.4 Å². The normalized spacial score (nSPS) is 12.5. The van der Waals surface area contributed by atoms with Crippen LogP contribution in [0.3, 0.4) is 0 Å². The minimum atomic E-state index is -3.21. The molecular formula is C21H42BrN5Na2O10. The number of carbonyl (C=O) groups is 5. The molecule has 0 aliphatic heterocycles.